The molecule has 0 aromatic carbocycles. The average Bonchev–Trinajstić information content (AvgIpc) is 2.68. The Bertz CT molecular complexity index is 409. The predicted molar refractivity (Wildman–Crippen MR) is 72.7 cm³/mol. The molecule has 0 spiro atoms. The summed E-state index contributed by atoms with van der Waals surface area (Å²) in [5.41, 5.74) is 2.50. The number of rotatable bonds is 5. The van der Waals surface area contributed by atoms with Gasteiger partial charge in [0, 0.05) is 38.7 Å². The smallest absolute Gasteiger partial charge is 0.109 e. The van der Waals surface area contributed by atoms with E-state index in [4.69, 9.17) is 9.72 Å². The van der Waals surface area contributed by atoms with Crippen molar-refractivity contribution in [3.63, 3.8) is 0 Å². The highest BCUT2D eigenvalue weighted by Gasteiger charge is 2.24. The molecule has 0 amide bonds. The summed E-state index contributed by atoms with van der Waals surface area (Å²) in [6.45, 7) is 9.33. The second-order valence-electron chi connectivity index (χ2n) is 5.65. The van der Waals surface area contributed by atoms with Crippen LogP contribution in [0.5, 0.6) is 0 Å². The molecule has 0 saturated heterocycles. The van der Waals surface area contributed by atoms with Gasteiger partial charge in [-0.05, 0) is 20.3 Å². The fourth-order valence-electron chi connectivity index (χ4n) is 2.47. The summed E-state index contributed by atoms with van der Waals surface area (Å²) in [7, 11) is 1.78. The number of hydrogen-bond donors (Lipinski definition) is 1. The molecule has 0 saturated carbocycles. The Kier molecular flexibility index (Phi) is 4.07. The molecule has 18 heavy (non-hydrogen) atoms. The Morgan fingerprint density at radius 3 is 2.89 bits per heavy atom. The zero-order valence-electron chi connectivity index (χ0n) is 12.0. The number of ether oxygens (including phenoxy) is 1. The summed E-state index contributed by atoms with van der Waals surface area (Å²) < 4.78 is 7.96. The second-order valence-corrected chi connectivity index (χ2v) is 5.65. The number of fused-ring (bicyclic) bond motifs is 1. The molecule has 2 heterocycles. The van der Waals surface area contributed by atoms with Crippen molar-refractivity contribution in [2.75, 3.05) is 13.7 Å². The van der Waals surface area contributed by atoms with E-state index < -0.39 is 0 Å². The van der Waals surface area contributed by atoms with Gasteiger partial charge < -0.3 is 14.6 Å². The van der Waals surface area contributed by atoms with Gasteiger partial charge in [0.2, 0.25) is 0 Å². The van der Waals surface area contributed by atoms with E-state index in [1.54, 1.807) is 7.11 Å². The molecule has 0 bridgehead atoms. The van der Waals surface area contributed by atoms with Crippen molar-refractivity contribution in [2.45, 2.75) is 58.7 Å². The van der Waals surface area contributed by atoms with Crippen molar-refractivity contribution in [3.05, 3.63) is 17.2 Å². The lowest BCUT2D eigenvalue weighted by molar-refractivity contribution is 0.00689. The average molecular weight is 251 g/mol. The molecule has 0 aliphatic carbocycles. The van der Waals surface area contributed by atoms with E-state index in [0.717, 1.165) is 38.9 Å². The van der Waals surface area contributed by atoms with Crippen LogP contribution in [0.4, 0.5) is 0 Å². The summed E-state index contributed by atoms with van der Waals surface area (Å²) >= 11 is 0. The Morgan fingerprint density at radius 2 is 2.22 bits per heavy atom. The fourth-order valence-corrected chi connectivity index (χ4v) is 2.47. The standard InChI is InChI=1S/C14H25N3O/c1-5-6-13-16-11-9-15-8-7-12(11)17(13)10-14(2,3)18-4/h15H,5-10H2,1-4H3. The molecule has 0 unspecified atom stereocenters. The van der Waals surface area contributed by atoms with Gasteiger partial charge in [0.15, 0.2) is 0 Å². The van der Waals surface area contributed by atoms with Crippen LogP contribution in [0.3, 0.4) is 0 Å². The normalized spacial score (nSPS) is 15.8. The molecule has 0 radical (unpaired) electrons. The molecule has 4 heteroatoms. The van der Waals surface area contributed by atoms with Crippen LogP contribution in [0, 0.1) is 0 Å². The minimum Gasteiger partial charge on any atom is -0.377 e. The van der Waals surface area contributed by atoms with Gasteiger partial charge >= 0.3 is 0 Å². The van der Waals surface area contributed by atoms with Crippen LogP contribution >= 0.6 is 0 Å². The number of hydrogen-bond acceptors (Lipinski definition) is 3. The summed E-state index contributed by atoms with van der Waals surface area (Å²) in [5.74, 6) is 1.22. The molecular formula is C14H25N3O. The summed E-state index contributed by atoms with van der Waals surface area (Å²) in [5, 5.41) is 3.39. The number of aryl methyl sites for hydroxylation is 1. The van der Waals surface area contributed by atoms with Gasteiger partial charge in [-0.15, -0.1) is 0 Å². The number of methoxy groups -OCH3 is 1. The molecular weight excluding hydrogens is 226 g/mol. The molecule has 1 aromatic heterocycles. The van der Waals surface area contributed by atoms with Crippen molar-refractivity contribution < 1.29 is 4.74 Å². The first-order valence-corrected chi connectivity index (χ1v) is 6.90. The van der Waals surface area contributed by atoms with E-state index in [-0.39, 0.29) is 5.60 Å². The van der Waals surface area contributed by atoms with Crippen LogP contribution in [0.1, 0.15) is 44.4 Å². The molecule has 1 aromatic rings. The third-order valence-corrected chi connectivity index (χ3v) is 3.63. The maximum atomic E-state index is 5.57. The highest BCUT2D eigenvalue weighted by atomic mass is 16.5. The van der Waals surface area contributed by atoms with E-state index in [1.165, 1.54) is 17.2 Å². The lowest BCUT2D eigenvalue weighted by atomic mass is 10.1. The number of nitrogens with one attached hydrogen (secondary N) is 1. The SMILES string of the molecule is CCCc1nc2c(n1CC(C)(C)OC)CCNC2. The maximum absolute atomic E-state index is 5.57. The van der Waals surface area contributed by atoms with Gasteiger partial charge in [0.1, 0.15) is 5.82 Å². The van der Waals surface area contributed by atoms with E-state index in [1.807, 2.05) is 0 Å². The Hall–Kier alpha value is -0.870. The van der Waals surface area contributed by atoms with Crippen LogP contribution in [0.2, 0.25) is 0 Å². The molecule has 4 nitrogen and oxygen atoms in total. The van der Waals surface area contributed by atoms with Gasteiger partial charge in [-0.3, -0.25) is 0 Å². The molecule has 1 N–H and O–H groups in total. The van der Waals surface area contributed by atoms with Crippen LogP contribution in [0.15, 0.2) is 0 Å². The summed E-state index contributed by atoms with van der Waals surface area (Å²) in [6.07, 6.45) is 3.26. The van der Waals surface area contributed by atoms with Crippen molar-refractivity contribution in [2.24, 2.45) is 0 Å². The quantitative estimate of drug-likeness (QED) is 0.869. The first kappa shape index (κ1) is 13.6. The number of imidazole rings is 1. The van der Waals surface area contributed by atoms with Gasteiger partial charge in [-0.2, -0.15) is 0 Å². The number of aromatic nitrogens is 2. The van der Waals surface area contributed by atoms with Gasteiger partial charge in [-0.25, -0.2) is 4.98 Å². The van der Waals surface area contributed by atoms with Gasteiger partial charge in [0.25, 0.3) is 0 Å². The van der Waals surface area contributed by atoms with Crippen LogP contribution in [-0.4, -0.2) is 28.8 Å². The van der Waals surface area contributed by atoms with Crippen molar-refractivity contribution in [1.29, 1.82) is 0 Å². The molecule has 0 fully saturated rings. The van der Waals surface area contributed by atoms with E-state index in [9.17, 15) is 0 Å². The van der Waals surface area contributed by atoms with Crippen molar-refractivity contribution in [1.82, 2.24) is 14.9 Å². The monoisotopic (exact) mass is 251 g/mol. The first-order valence-electron chi connectivity index (χ1n) is 6.90. The van der Waals surface area contributed by atoms with Crippen LogP contribution in [-0.2, 0) is 30.7 Å². The fraction of sp³-hybridized carbons (Fsp3) is 0.786. The highest BCUT2D eigenvalue weighted by molar-refractivity contribution is 5.21. The van der Waals surface area contributed by atoms with Crippen LogP contribution in [0.25, 0.3) is 0 Å². The van der Waals surface area contributed by atoms with Crippen LogP contribution < -0.4 is 5.32 Å². The predicted octanol–water partition coefficient (Wildman–Crippen LogP) is 1.91. The zero-order valence-corrected chi connectivity index (χ0v) is 12.0. The Labute approximate surface area is 110 Å². The summed E-state index contributed by atoms with van der Waals surface area (Å²) in [6, 6.07) is 0. The minimum atomic E-state index is -0.137. The molecule has 1 aliphatic heterocycles. The minimum absolute atomic E-state index is 0.137. The second kappa shape index (κ2) is 5.41. The molecule has 102 valence electrons. The van der Waals surface area contributed by atoms with Crippen molar-refractivity contribution >= 4 is 0 Å². The van der Waals surface area contributed by atoms with Gasteiger partial charge in [-0.1, -0.05) is 6.92 Å². The van der Waals surface area contributed by atoms with Crippen molar-refractivity contribution in [3.8, 4) is 0 Å². The van der Waals surface area contributed by atoms with E-state index >= 15 is 0 Å². The molecule has 1 aliphatic rings. The number of nitrogens with zero attached hydrogens (tertiary/aromatic N) is 2. The third-order valence-electron chi connectivity index (χ3n) is 3.63. The molecule has 2 rings (SSSR count). The third kappa shape index (κ3) is 2.75. The summed E-state index contributed by atoms with van der Waals surface area (Å²) in [4.78, 5) is 4.80. The Balaban J connectivity index is 2.33. The lowest BCUT2D eigenvalue weighted by Crippen LogP contribution is -2.32. The maximum Gasteiger partial charge on any atom is 0.109 e. The first-order chi connectivity index (χ1) is 8.57. The van der Waals surface area contributed by atoms with E-state index in [0.29, 0.717) is 0 Å². The molecule has 0 atom stereocenters. The van der Waals surface area contributed by atoms with E-state index in [2.05, 4.69) is 30.7 Å². The lowest BCUT2D eigenvalue weighted by Gasteiger charge is -2.26. The highest BCUT2D eigenvalue weighted by Crippen LogP contribution is 2.21. The Morgan fingerprint density at radius 1 is 1.44 bits per heavy atom. The topological polar surface area (TPSA) is 39.1 Å². The zero-order chi connectivity index (χ0) is 13.2. The van der Waals surface area contributed by atoms with Gasteiger partial charge in [0.05, 0.1) is 17.8 Å². The largest absolute Gasteiger partial charge is 0.377 e.